The zero-order valence-electron chi connectivity index (χ0n) is 21.1. The molecule has 0 spiro atoms. The summed E-state index contributed by atoms with van der Waals surface area (Å²) in [5, 5.41) is 14.3. The SMILES string of the molecule is CCCCC1=NC(SCc2cccc(C)c2)N(Cc2ccc(NC(=O)c3ccccc3C(=O)O)cc2)N1. The second-order valence-corrected chi connectivity index (χ2v) is 10.1. The van der Waals surface area contributed by atoms with Crippen LogP contribution in [0.25, 0.3) is 0 Å². The van der Waals surface area contributed by atoms with Crippen LogP contribution < -0.4 is 10.7 Å². The quantitative estimate of drug-likeness (QED) is 0.286. The normalized spacial score (nSPS) is 15.2. The van der Waals surface area contributed by atoms with Crippen LogP contribution in [0, 0.1) is 6.92 Å². The second-order valence-electron chi connectivity index (χ2n) is 9.05. The topological polar surface area (TPSA) is 94.0 Å². The van der Waals surface area contributed by atoms with Gasteiger partial charge in [-0.3, -0.25) is 4.79 Å². The number of carbonyl (C=O) groups is 2. The maximum atomic E-state index is 12.7. The molecule has 1 amide bonds. The van der Waals surface area contributed by atoms with Gasteiger partial charge in [0.05, 0.1) is 11.1 Å². The van der Waals surface area contributed by atoms with Crippen LogP contribution >= 0.6 is 11.8 Å². The van der Waals surface area contributed by atoms with E-state index in [1.54, 1.807) is 23.9 Å². The molecule has 3 aromatic rings. The van der Waals surface area contributed by atoms with Crippen LogP contribution in [0.3, 0.4) is 0 Å². The van der Waals surface area contributed by atoms with E-state index < -0.39 is 11.9 Å². The number of hydrazine groups is 1. The molecule has 1 aliphatic rings. The number of rotatable bonds is 11. The van der Waals surface area contributed by atoms with Crippen LogP contribution in [0.4, 0.5) is 5.69 Å². The average molecular weight is 517 g/mol. The number of unbranched alkanes of at least 4 members (excludes halogenated alkanes) is 1. The van der Waals surface area contributed by atoms with Crippen molar-refractivity contribution in [1.29, 1.82) is 0 Å². The van der Waals surface area contributed by atoms with Gasteiger partial charge in [0.25, 0.3) is 5.91 Å². The lowest BCUT2D eigenvalue weighted by Gasteiger charge is -2.23. The summed E-state index contributed by atoms with van der Waals surface area (Å²) in [7, 11) is 0. The molecule has 8 heteroatoms. The predicted molar refractivity (Wildman–Crippen MR) is 150 cm³/mol. The van der Waals surface area contributed by atoms with Crippen molar-refractivity contribution in [1.82, 2.24) is 10.4 Å². The van der Waals surface area contributed by atoms with Gasteiger partial charge in [-0.25, -0.2) is 9.79 Å². The van der Waals surface area contributed by atoms with Crippen molar-refractivity contribution in [3.63, 3.8) is 0 Å². The number of thioether (sulfide) groups is 1. The Bertz CT molecular complexity index is 1280. The van der Waals surface area contributed by atoms with Crippen LogP contribution in [-0.2, 0) is 12.3 Å². The molecule has 0 bridgehead atoms. The van der Waals surface area contributed by atoms with Gasteiger partial charge < -0.3 is 15.8 Å². The van der Waals surface area contributed by atoms with Crippen molar-refractivity contribution in [2.24, 2.45) is 4.99 Å². The first kappa shape index (κ1) is 26.4. The van der Waals surface area contributed by atoms with Crippen molar-refractivity contribution in [3.8, 4) is 0 Å². The van der Waals surface area contributed by atoms with Gasteiger partial charge in [-0.1, -0.05) is 67.4 Å². The summed E-state index contributed by atoms with van der Waals surface area (Å²) in [6.07, 6.45) is 3.14. The van der Waals surface area contributed by atoms with E-state index in [1.165, 1.54) is 23.3 Å². The van der Waals surface area contributed by atoms with Crippen LogP contribution in [0.15, 0.2) is 77.8 Å². The van der Waals surface area contributed by atoms with Crippen molar-refractivity contribution in [2.75, 3.05) is 5.32 Å². The van der Waals surface area contributed by atoms with Crippen molar-refractivity contribution in [2.45, 2.75) is 50.9 Å². The first-order valence-electron chi connectivity index (χ1n) is 12.4. The Morgan fingerprint density at radius 1 is 1.03 bits per heavy atom. The standard InChI is InChI=1S/C29H32N4O3S/c1-3-4-12-26-31-29(37-19-22-9-7-8-20(2)17-22)33(32-26)18-21-13-15-23(16-14-21)30-27(34)24-10-5-6-11-25(24)28(35)36/h5-11,13-17,29H,3-4,12,18-19H2,1-2H3,(H,30,34)(H,31,32)(H,35,36). The average Bonchev–Trinajstić information content (AvgIpc) is 3.28. The Morgan fingerprint density at radius 3 is 2.49 bits per heavy atom. The lowest BCUT2D eigenvalue weighted by molar-refractivity contribution is 0.0692. The molecule has 0 radical (unpaired) electrons. The number of nitrogens with zero attached hydrogens (tertiary/aromatic N) is 2. The van der Waals surface area contributed by atoms with Crippen LogP contribution in [0.1, 0.15) is 63.6 Å². The lowest BCUT2D eigenvalue weighted by atomic mass is 10.1. The molecule has 1 aliphatic heterocycles. The Hall–Kier alpha value is -3.62. The molecular formula is C29H32N4O3S. The van der Waals surface area contributed by atoms with E-state index in [4.69, 9.17) is 4.99 Å². The summed E-state index contributed by atoms with van der Waals surface area (Å²) in [5.74, 6) is 0.311. The van der Waals surface area contributed by atoms with E-state index in [1.807, 2.05) is 24.3 Å². The molecule has 1 unspecified atom stereocenters. The zero-order chi connectivity index (χ0) is 26.2. The number of anilines is 1. The predicted octanol–water partition coefficient (Wildman–Crippen LogP) is 6.07. The number of carbonyl (C=O) groups excluding carboxylic acids is 1. The highest BCUT2D eigenvalue weighted by Gasteiger charge is 2.26. The minimum atomic E-state index is -1.13. The van der Waals surface area contributed by atoms with E-state index in [2.05, 4.69) is 53.9 Å². The Balaban J connectivity index is 1.40. The highest BCUT2D eigenvalue weighted by atomic mass is 32.2. The van der Waals surface area contributed by atoms with Gasteiger partial charge in [0.1, 0.15) is 5.84 Å². The third-order valence-electron chi connectivity index (χ3n) is 6.02. The first-order valence-corrected chi connectivity index (χ1v) is 13.5. The molecule has 1 atom stereocenters. The number of nitrogens with one attached hydrogen (secondary N) is 2. The smallest absolute Gasteiger partial charge is 0.336 e. The molecule has 7 nitrogen and oxygen atoms in total. The van der Waals surface area contributed by atoms with Gasteiger partial charge in [-0.15, -0.1) is 11.8 Å². The molecule has 0 fully saturated rings. The number of hydrogen-bond donors (Lipinski definition) is 3. The van der Waals surface area contributed by atoms with E-state index in [0.29, 0.717) is 12.2 Å². The highest BCUT2D eigenvalue weighted by molar-refractivity contribution is 7.99. The fraction of sp³-hybridized carbons (Fsp3) is 0.276. The van der Waals surface area contributed by atoms with Crippen molar-refractivity contribution in [3.05, 3.63) is 101 Å². The molecule has 0 saturated carbocycles. The molecule has 192 valence electrons. The summed E-state index contributed by atoms with van der Waals surface area (Å²) in [4.78, 5) is 29.0. The first-order chi connectivity index (χ1) is 17.9. The van der Waals surface area contributed by atoms with Crippen LogP contribution in [-0.4, -0.2) is 33.3 Å². The number of aryl methyl sites for hydroxylation is 1. The summed E-state index contributed by atoms with van der Waals surface area (Å²) in [5.41, 5.74) is 7.79. The van der Waals surface area contributed by atoms with E-state index in [0.717, 1.165) is 36.4 Å². The van der Waals surface area contributed by atoms with Gasteiger partial charge in [-0.05, 0) is 48.7 Å². The number of benzene rings is 3. The number of aromatic carboxylic acids is 1. The Morgan fingerprint density at radius 2 is 1.78 bits per heavy atom. The molecule has 1 heterocycles. The second kappa shape index (κ2) is 12.6. The van der Waals surface area contributed by atoms with Crippen molar-refractivity contribution < 1.29 is 14.7 Å². The Labute approximate surface area is 222 Å². The molecule has 3 N–H and O–H groups in total. The molecule has 0 aromatic heterocycles. The largest absolute Gasteiger partial charge is 0.478 e. The molecule has 4 rings (SSSR count). The minimum absolute atomic E-state index is 0.0233. The fourth-order valence-corrected chi connectivity index (χ4v) is 5.12. The molecule has 0 aliphatic carbocycles. The zero-order valence-corrected chi connectivity index (χ0v) is 21.9. The summed E-state index contributed by atoms with van der Waals surface area (Å²) < 4.78 is 0. The molecular weight excluding hydrogens is 484 g/mol. The van der Waals surface area contributed by atoms with Gasteiger partial charge in [0.15, 0.2) is 5.50 Å². The third kappa shape index (κ3) is 7.21. The maximum Gasteiger partial charge on any atom is 0.336 e. The van der Waals surface area contributed by atoms with Crippen LogP contribution in [0.2, 0.25) is 0 Å². The Kier molecular flexibility index (Phi) is 8.98. The summed E-state index contributed by atoms with van der Waals surface area (Å²) >= 11 is 1.79. The van der Waals surface area contributed by atoms with Gasteiger partial charge in [-0.2, -0.15) is 5.01 Å². The number of amides is 1. The lowest BCUT2D eigenvalue weighted by Crippen LogP contribution is -2.39. The van der Waals surface area contributed by atoms with Crippen LogP contribution in [0.5, 0.6) is 0 Å². The molecule has 37 heavy (non-hydrogen) atoms. The summed E-state index contributed by atoms with van der Waals surface area (Å²) in [6, 6.07) is 22.3. The third-order valence-corrected chi connectivity index (χ3v) is 7.18. The van der Waals surface area contributed by atoms with Gasteiger partial charge in [0, 0.05) is 24.4 Å². The molecule has 3 aromatic carbocycles. The number of carboxylic acid groups (broad SMARTS) is 1. The van der Waals surface area contributed by atoms with E-state index in [9.17, 15) is 14.7 Å². The number of carboxylic acids is 1. The van der Waals surface area contributed by atoms with Gasteiger partial charge >= 0.3 is 5.97 Å². The highest BCUT2D eigenvalue weighted by Crippen LogP contribution is 2.27. The minimum Gasteiger partial charge on any atom is -0.478 e. The van der Waals surface area contributed by atoms with Crippen molar-refractivity contribution >= 4 is 35.2 Å². The van der Waals surface area contributed by atoms with E-state index in [-0.39, 0.29) is 16.6 Å². The van der Waals surface area contributed by atoms with E-state index >= 15 is 0 Å². The monoisotopic (exact) mass is 516 g/mol. The maximum absolute atomic E-state index is 12.7. The number of hydrogen-bond acceptors (Lipinski definition) is 6. The number of amidine groups is 1. The molecule has 0 saturated heterocycles. The van der Waals surface area contributed by atoms with Gasteiger partial charge in [0.2, 0.25) is 0 Å². The summed E-state index contributed by atoms with van der Waals surface area (Å²) in [6.45, 7) is 4.94. The number of aliphatic imine (C=N–C) groups is 1. The fourth-order valence-electron chi connectivity index (χ4n) is 4.09.